The van der Waals surface area contributed by atoms with E-state index >= 15 is 0 Å². The second-order valence-corrected chi connectivity index (χ2v) is 11.2. The van der Waals surface area contributed by atoms with Gasteiger partial charge in [0.2, 0.25) is 10.0 Å². The Morgan fingerprint density at radius 1 is 1.05 bits per heavy atom. The number of nitrogens with one attached hydrogen (secondary N) is 3. The first-order valence-corrected chi connectivity index (χ1v) is 15.1. The van der Waals surface area contributed by atoms with E-state index in [0.717, 1.165) is 5.56 Å². The maximum absolute atomic E-state index is 12.6. The Balaban J connectivity index is 1.51. The lowest BCUT2D eigenvalue weighted by molar-refractivity contribution is -0.145. The Kier molecular flexibility index (Phi) is 11.8. The van der Waals surface area contributed by atoms with Gasteiger partial charge in [0.1, 0.15) is 18.4 Å². The van der Waals surface area contributed by atoms with Crippen LogP contribution in [0.15, 0.2) is 48.5 Å². The number of sulfonamides is 1. The van der Waals surface area contributed by atoms with E-state index in [1.165, 1.54) is 0 Å². The number of amides is 2. The highest BCUT2D eigenvalue weighted by atomic mass is 32.2. The van der Waals surface area contributed by atoms with Crippen LogP contribution in [-0.4, -0.2) is 57.4 Å². The summed E-state index contributed by atoms with van der Waals surface area (Å²) >= 11 is 0. The molecule has 0 radical (unpaired) electrons. The van der Waals surface area contributed by atoms with Gasteiger partial charge in [0, 0.05) is 6.54 Å². The first-order chi connectivity index (χ1) is 19.2. The van der Waals surface area contributed by atoms with Gasteiger partial charge in [-0.25, -0.2) is 17.9 Å². The molecule has 0 saturated heterocycles. The maximum atomic E-state index is 12.6. The van der Waals surface area contributed by atoms with Gasteiger partial charge >= 0.3 is 12.1 Å². The maximum Gasteiger partial charge on any atom is 0.407 e. The number of esters is 1. The van der Waals surface area contributed by atoms with E-state index in [1.54, 1.807) is 25.1 Å². The van der Waals surface area contributed by atoms with Crippen LogP contribution in [0.3, 0.4) is 0 Å². The lowest BCUT2D eigenvalue weighted by atomic mass is 10.0. The van der Waals surface area contributed by atoms with Gasteiger partial charge < -0.3 is 24.8 Å². The molecular weight excluding hydrogens is 538 g/mol. The van der Waals surface area contributed by atoms with Crippen molar-refractivity contribution in [2.24, 2.45) is 0 Å². The molecule has 0 spiro atoms. The molecule has 2 aromatic carbocycles. The molecule has 0 aromatic heterocycles. The van der Waals surface area contributed by atoms with Crippen LogP contribution in [0.5, 0.6) is 5.75 Å². The molecule has 1 aliphatic rings. The lowest BCUT2D eigenvalue weighted by Crippen LogP contribution is -2.44. The van der Waals surface area contributed by atoms with E-state index in [-0.39, 0.29) is 31.3 Å². The van der Waals surface area contributed by atoms with Crippen LogP contribution in [0.1, 0.15) is 50.7 Å². The number of fused-ring (bicyclic) bond motifs is 1. The first kappa shape index (κ1) is 30.9. The quantitative estimate of drug-likeness (QED) is 0.216. The van der Waals surface area contributed by atoms with Crippen LogP contribution in [0, 0.1) is 0 Å². The van der Waals surface area contributed by atoms with Crippen molar-refractivity contribution in [2.45, 2.75) is 64.7 Å². The summed E-state index contributed by atoms with van der Waals surface area (Å²) in [5.41, 5.74) is 1.94. The fourth-order valence-corrected chi connectivity index (χ4v) is 5.43. The third kappa shape index (κ3) is 9.83. The predicted octanol–water partition coefficient (Wildman–Crippen LogP) is 3.29. The highest BCUT2D eigenvalue weighted by molar-refractivity contribution is 7.89. The van der Waals surface area contributed by atoms with E-state index in [1.807, 2.05) is 37.3 Å². The third-order valence-electron chi connectivity index (χ3n) is 6.09. The summed E-state index contributed by atoms with van der Waals surface area (Å²) in [4.78, 5) is 37.0. The van der Waals surface area contributed by atoms with Gasteiger partial charge in [-0.3, -0.25) is 9.59 Å². The molecule has 0 unspecified atom stereocenters. The van der Waals surface area contributed by atoms with Gasteiger partial charge in [-0.1, -0.05) is 49.7 Å². The molecule has 11 nitrogen and oxygen atoms in total. The highest BCUT2D eigenvalue weighted by Gasteiger charge is 2.29. The fraction of sp³-hybridized carbons (Fsp3) is 0.464. The smallest absolute Gasteiger partial charge is 0.407 e. The summed E-state index contributed by atoms with van der Waals surface area (Å²) in [6.07, 6.45) is 0.810. The van der Waals surface area contributed by atoms with E-state index in [0.29, 0.717) is 49.2 Å². The van der Waals surface area contributed by atoms with Crippen LogP contribution in [0.4, 0.5) is 10.5 Å². The molecule has 0 saturated carbocycles. The molecule has 0 fully saturated rings. The Labute approximate surface area is 235 Å². The molecule has 2 aromatic rings. The van der Waals surface area contributed by atoms with Crippen LogP contribution in [0.2, 0.25) is 0 Å². The van der Waals surface area contributed by atoms with Crippen LogP contribution in [-0.2, 0) is 42.1 Å². The zero-order valence-electron chi connectivity index (χ0n) is 22.8. The van der Waals surface area contributed by atoms with Gasteiger partial charge in [0.05, 0.1) is 18.0 Å². The summed E-state index contributed by atoms with van der Waals surface area (Å²) in [5, 5.41) is 5.47. The molecule has 12 heteroatoms. The summed E-state index contributed by atoms with van der Waals surface area (Å²) in [6, 6.07) is 13.3. The molecule has 1 aliphatic heterocycles. The molecule has 2 atom stereocenters. The van der Waals surface area contributed by atoms with E-state index < -0.39 is 34.2 Å². The predicted molar refractivity (Wildman–Crippen MR) is 149 cm³/mol. The van der Waals surface area contributed by atoms with Crippen molar-refractivity contribution in [1.29, 1.82) is 0 Å². The van der Waals surface area contributed by atoms with Crippen molar-refractivity contribution in [3.8, 4) is 5.75 Å². The van der Waals surface area contributed by atoms with Crippen LogP contribution < -0.4 is 20.1 Å². The number of alkyl carbamates (subject to hydrolysis) is 1. The lowest BCUT2D eigenvalue weighted by Gasteiger charge is -2.26. The Morgan fingerprint density at radius 3 is 2.55 bits per heavy atom. The first-order valence-electron chi connectivity index (χ1n) is 13.4. The average Bonchev–Trinajstić information content (AvgIpc) is 2.93. The van der Waals surface area contributed by atoms with Crippen molar-refractivity contribution in [3.63, 3.8) is 0 Å². The zero-order valence-corrected chi connectivity index (χ0v) is 23.6. The van der Waals surface area contributed by atoms with E-state index in [9.17, 15) is 22.8 Å². The number of benzene rings is 2. The van der Waals surface area contributed by atoms with Crippen molar-refractivity contribution in [3.05, 3.63) is 59.7 Å². The minimum atomic E-state index is -3.67. The molecule has 2 amide bonds. The number of carbonyl (C=O) groups excluding carboxylic acids is 3. The minimum Gasteiger partial charge on any atom is -0.478 e. The molecule has 40 heavy (non-hydrogen) atoms. The number of carbonyl (C=O) groups is 3. The molecule has 0 bridgehead atoms. The van der Waals surface area contributed by atoms with Gasteiger partial charge in [-0.2, -0.15) is 0 Å². The van der Waals surface area contributed by atoms with Crippen molar-refractivity contribution < 1.29 is 37.0 Å². The fourth-order valence-electron chi connectivity index (χ4n) is 4.03. The van der Waals surface area contributed by atoms with Crippen molar-refractivity contribution in [1.82, 2.24) is 10.0 Å². The van der Waals surface area contributed by atoms with Crippen molar-refractivity contribution >= 4 is 33.7 Å². The summed E-state index contributed by atoms with van der Waals surface area (Å²) < 4.78 is 43.4. The second kappa shape index (κ2) is 15.2. The molecule has 3 rings (SSSR count). The molecular formula is C28H37N3O8S. The van der Waals surface area contributed by atoms with Crippen LogP contribution >= 0.6 is 0 Å². The number of hydrogen-bond acceptors (Lipinski definition) is 8. The van der Waals surface area contributed by atoms with E-state index in [2.05, 4.69) is 15.4 Å². The number of rotatable bonds is 15. The Morgan fingerprint density at radius 2 is 1.82 bits per heavy atom. The standard InChI is InChI=1S/C28H37N3O8S/c1-3-5-16-40(35,36)31-23(27(33)37-4-2)18-21-13-14-24-22(17-21)30-26(32)25(39-24)12-9-15-29-28(34)38-19-20-10-7-6-8-11-20/h6-8,10-11,13-14,17,23,25,31H,3-5,9,12,15-16,18-19H2,1-2H3,(H,29,34)(H,30,32)/t23-,25+/m0/s1. The summed E-state index contributed by atoms with van der Waals surface area (Å²) in [6.45, 7) is 4.14. The topological polar surface area (TPSA) is 149 Å². The van der Waals surface area contributed by atoms with Gasteiger partial charge in [-0.05, 0) is 55.9 Å². The van der Waals surface area contributed by atoms with Gasteiger partial charge in [0.25, 0.3) is 5.91 Å². The SMILES string of the molecule is CCCCS(=O)(=O)N[C@@H](Cc1ccc2c(c1)NC(=O)[C@@H](CCCNC(=O)OCc1ccccc1)O2)C(=O)OCC. The highest BCUT2D eigenvalue weighted by Crippen LogP contribution is 2.32. The number of hydrogen-bond donors (Lipinski definition) is 3. The normalized spacial score (nSPS) is 15.2. The molecule has 3 N–H and O–H groups in total. The number of ether oxygens (including phenoxy) is 3. The monoisotopic (exact) mass is 575 g/mol. The van der Waals surface area contributed by atoms with Gasteiger partial charge in [-0.15, -0.1) is 0 Å². The van der Waals surface area contributed by atoms with Crippen molar-refractivity contribution in [2.75, 3.05) is 24.2 Å². The molecule has 218 valence electrons. The Hall–Kier alpha value is -3.64. The summed E-state index contributed by atoms with van der Waals surface area (Å²) in [5.74, 6) is -0.629. The number of unbranched alkanes of at least 4 members (excludes halogenated alkanes) is 1. The van der Waals surface area contributed by atoms with Crippen LogP contribution in [0.25, 0.3) is 0 Å². The second-order valence-electron chi connectivity index (χ2n) is 9.36. The summed E-state index contributed by atoms with van der Waals surface area (Å²) in [7, 11) is -3.67. The molecule has 0 aliphatic carbocycles. The molecule has 1 heterocycles. The zero-order chi connectivity index (χ0) is 29.0. The van der Waals surface area contributed by atoms with E-state index in [4.69, 9.17) is 14.2 Å². The number of anilines is 1. The average molecular weight is 576 g/mol. The Bertz CT molecular complexity index is 1250. The minimum absolute atomic E-state index is 0.0445. The third-order valence-corrected chi connectivity index (χ3v) is 7.56. The largest absolute Gasteiger partial charge is 0.478 e. The van der Waals surface area contributed by atoms with Gasteiger partial charge in [0.15, 0.2) is 6.10 Å².